The van der Waals surface area contributed by atoms with E-state index in [0.29, 0.717) is 18.3 Å². The fraction of sp³-hybridized carbons (Fsp3) is 0.500. The Morgan fingerprint density at radius 1 is 1.42 bits per heavy atom. The Kier molecular flexibility index (Phi) is 4.14. The highest BCUT2D eigenvalue weighted by molar-refractivity contribution is 5.90. The van der Waals surface area contributed by atoms with E-state index < -0.39 is 0 Å². The lowest BCUT2D eigenvalue weighted by Crippen LogP contribution is -2.29. The molecule has 2 atom stereocenters. The summed E-state index contributed by atoms with van der Waals surface area (Å²) in [6.45, 7) is 4.37. The maximum absolute atomic E-state index is 11.6. The number of amides is 2. The third-order valence-corrected chi connectivity index (χ3v) is 3.28. The minimum Gasteiger partial charge on any atom is -0.355 e. The lowest BCUT2D eigenvalue weighted by molar-refractivity contribution is -0.122. The predicted octanol–water partition coefficient (Wildman–Crippen LogP) is 1.49. The Morgan fingerprint density at radius 2 is 2.16 bits per heavy atom. The number of anilines is 1. The van der Waals surface area contributed by atoms with Crippen molar-refractivity contribution >= 4 is 17.6 Å². The third kappa shape index (κ3) is 4.05. The summed E-state index contributed by atoms with van der Waals surface area (Å²) in [5, 5.41) is 5.48. The minimum absolute atomic E-state index is 0.0637. The second kappa shape index (κ2) is 5.82. The minimum atomic E-state index is -0.138. The van der Waals surface area contributed by atoms with E-state index in [1.165, 1.54) is 0 Å². The van der Waals surface area contributed by atoms with Crippen molar-refractivity contribution in [1.29, 1.82) is 0 Å². The summed E-state index contributed by atoms with van der Waals surface area (Å²) in [5.41, 5.74) is 1.05. The van der Waals surface area contributed by atoms with Crippen molar-refractivity contribution in [2.45, 2.75) is 26.7 Å². The standard InChI is InChI=1S/C14H19N3O2/c1-9-3-4-12(16-8-9)17-13(18)5-6-15-14(19)11-7-10(11)2/h3-4,8,10-11H,5-7H2,1-2H3,(H,15,19)(H,16,17,18)/t10-,11+/m0/s1. The van der Waals surface area contributed by atoms with Crippen LogP contribution in [0.25, 0.3) is 0 Å². The Labute approximate surface area is 112 Å². The molecule has 5 heteroatoms. The number of carbonyl (C=O) groups excluding carboxylic acids is 2. The molecular weight excluding hydrogens is 242 g/mol. The van der Waals surface area contributed by atoms with Gasteiger partial charge in [0, 0.05) is 25.1 Å². The maximum atomic E-state index is 11.6. The van der Waals surface area contributed by atoms with Gasteiger partial charge in [-0.15, -0.1) is 0 Å². The number of carbonyl (C=O) groups is 2. The van der Waals surface area contributed by atoms with Gasteiger partial charge in [-0.05, 0) is 30.9 Å². The number of aryl methyl sites for hydroxylation is 1. The first-order valence-corrected chi connectivity index (χ1v) is 6.56. The van der Waals surface area contributed by atoms with Gasteiger partial charge < -0.3 is 10.6 Å². The van der Waals surface area contributed by atoms with Crippen molar-refractivity contribution in [3.63, 3.8) is 0 Å². The van der Waals surface area contributed by atoms with E-state index in [1.54, 1.807) is 12.3 Å². The SMILES string of the molecule is Cc1ccc(NC(=O)CCNC(=O)[C@@H]2C[C@@H]2C)nc1. The summed E-state index contributed by atoms with van der Waals surface area (Å²) in [6.07, 6.45) is 2.93. The Balaban J connectivity index is 1.67. The Hall–Kier alpha value is -1.91. The molecule has 0 unspecified atom stereocenters. The van der Waals surface area contributed by atoms with E-state index in [0.717, 1.165) is 12.0 Å². The zero-order valence-electron chi connectivity index (χ0n) is 11.3. The summed E-state index contributed by atoms with van der Waals surface area (Å²) in [7, 11) is 0. The second-order valence-electron chi connectivity index (χ2n) is 5.13. The van der Waals surface area contributed by atoms with Crippen molar-refractivity contribution < 1.29 is 9.59 Å². The molecule has 1 aliphatic carbocycles. The van der Waals surface area contributed by atoms with Crippen LogP contribution in [0.1, 0.15) is 25.3 Å². The average Bonchev–Trinajstić information content (AvgIpc) is 3.09. The van der Waals surface area contributed by atoms with Crippen LogP contribution in [-0.2, 0) is 9.59 Å². The first-order valence-electron chi connectivity index (χ1n) is 6.56. The number of hydrogen-bond acceptors (Lipinski definition) is 3. The summed E-state index contributed by atoms with van der Waals surface area (Å²) < 4.78 is 0. The quantitative estimate of drug-likeness (QED) is 0.843. The second-order valence-corrected chi connectivity index (χ2v) is 5.13. The lowest BCUT2D eigenvalue weighted by Gasteiger charge is -2.06. The zero-order valence-corrected chi connectivity index (χ0v) is 11.3. The van der Waals surface area contributed by atoms with E-state index in [-0.39, 0.29) is 24.2 Å². The normalized spacial score (nSPS) is 20.7. The number of nitrogens with zero attached hydrogens (tertiary/aromatic N) is 1. The molecule has 1 heterocycles. The Bertz CT molecular complexity index is 470. The van der Waals surface area contributed by atoms with Crippen LogP contribution in [0.4, 0.5) is 5.82 Å². The van der Waals surface area contributed by atoms with Gasteiger partial charge in [0.25, 0.3) is 0 Å². The average molecular weight is 261 g/mol. The van der Waals surface area contributed by atoms with Crippen LogP contribution in [0.2, 0.25) is 0 Å². The first-order chi connectivity index (χ1) is 9.06. The molecule has 1 aromatic heterocycles. The van der Waals surface area contributed by atoms with Crippen LogP contribution in [0, 0.1) is 18.8 Å². The lowest BCUT2D eigenvalue weighted by atomic mass is 10.3. The number of aromatic nitrogens is 1. The molecule has 0 spiro atoms. The maximum Gasteiger partial charge on any atom is 0.227 e. The van der Waals surface area contributed by atoms with Gasteiger partial charge in [-0.2, -0.15) is 0 Å². The van der Waals surface area contributed by atoms with Gasteiger partial charge in [-0.25, -0.2) is 4.98 Å². The highest BCUT2D eigenvalue weighted by atomic mass is 16.2. The molecule has 102 valence electrons. The topological polar surface area (TPSA) is 71.1 Å². The fourth-order valence-corrected chi connectivity index (χ4v) is 1.86. The van der Waals surface area contributed by atoms with Gasteiger partial charge in [0.2, 0.25) is 11.8 Å². The van der Waals surface area contributed by atoms with Crippen LogP contribution >= 0.6 is 0 Å². The van der Waals surface area contributed by atoms with E-state index >= 15 is 0 Å². The molecular formula is C14H19N3O2. The van der Waals surface area contributed by atoms with E-state index in [2.05, 4.69) is 22.5 Å². The van der Waals surface area contributed by atoms with E-state index in [1.807, 2.05) is 13.0 Å². The molecule has 0 saturated heterocycles. The van der Waals surface area contributed by atoms with E-state index in [9.17, 15) is 9.59 Å². The molecule has 2 N–H and O–H groups in total. The summed E-state index contributed by atoms with van der Waals surface area (Å²) in [6, 6.07) is 3.65. The highest BCUT2D eigenvalue weighted by Crippen LogP contribution is 2.37. The zero-order chi connectivity index (χ0) is 13.8. The summed E-state index contributed by atoms with van der Waals surface area (Å²) in [4.78, 5) is 27.3. The van der Waals surface area contributed by atoms with E-state index in [4.69, 9.17) is 0 Å². The van der Waals surface area contributed by atoms with Gasteiger partial charge >= 0.3 is 0 Å². The van der Waals surface area contributed by atoms with Gasteiger partial charge in [-0.1, -0.05) is 13.0 Å². The van der Waals surface area contributed by atoms with Crippen LogP contribution in [0.3, 0.4) is 0 Å². The molecule has 1 saturated carbocycles. The van der Waals surface area contributed by atoms with Crippen LogP contribution < -0.4 is 10.6 Å². The summed E-state index contributed by atoms with van der Waals surface area (Å²) in [5.74, 6) is 1.11. The number of pyridine rings is 1. The number of rotatable bonds is 5. The van der Waals surface area contributed by atoms with Crippen molar-refractivity contribution in [3.05, 3.63) is 23.9 Å². The Morgan fingerprint density at radius 3 is 2.74 bits per heavy atom. The number of nitrogens with one attached hydrogen (secondary N) is 2. The van der Waals surface area contributed by atoms with Gasteiger partial charge in [0.05, 0.1) is 0 Å². The van der Waals surface area contributed by atoms with Crippen molar-refractivity contribution in [2.75, 3.05) is 11.9 Å². The molecule has 0 aromatic carbocycles. The molecule has 1 aromatic rings. The summed E-state index contributed by atoms with van der Waals surface area (Å²) >= 11 is 0. The van der Waals surface area contributed by atoms with Crippen LogP contribution in [0.15, 0.2) is 18.3 Å². The van der Waals surface area contributed by atoms with Crippen molar-refractivity contribution in [3.8, 4) is 0 Å². The van der Waals surface area contributed by atoms with Crippen LogP contribution in [0.5, 0.6) is 0 Å². The molecule has 0 aliphatic heterocycles. The van der Waals surface area contributed by atoms with Gasteiger partial charge in [-0.3, -0.25) is 9.59 Å². The van der Waals surface area contributed by atoms with Crippen molar-refractivity contribution in [1.82, 2.24) is 10.3 Å². The van der Waals surface area contributed by atoms with Gasteiger partial charge in [0.15, 0.2) is 0 Å². The molecule has 0 radical (unpaired) electrons. The van der Waals surface area contributed by atoms with Gasteiger partial charge in [0.1, 0.15) is 5.82 Å². The largest absolute Gasteiger partial charge is 0.355 e. The molecule has 2 amide bonds. The van der Waals surface area contributed by atoms with Crippen molar-refractivity contribution in [2.24, 2.45) is 11.8 Å². The molecule has 1 aliphatic rings. The fourth-order valence-electron chi connectivity index (χ4n) is 1.86. The highest BCUT2D eigenvalue weighted by Gasteiger charge is 2.38. The molecule has 19 heavy (non-hydrogen) atoms. The van der Waals surface area contributed by atoms with Crippen LogP contribution in [-0.4, -0.2) is 23.3 Å². The number of hydrogen-bond donors (Lipinski definition) is 2. The molecule has 5 nitrogen and oxygen atoms in total. The monoisotopic (exact) mass is 261 g/mol. The molecule has 1 fully saturated rings. The smallest absolute Gasteiger partial charge is 0.227 e. The third-order valence-electron chi connectivity index (χ3n) is 3.28. The first kappa shape index (κ1) is 13.5. The predicted molar refractivity (Wildman–Crippen MR) is 72.5 cm³/mol. The molecule has 2 rings (SSSR count). The molecule has 0 bridgehead atoms.